The molecule has 0 radical (unpaired) electrons. The minimum absolute atomic E-state index is 0.103. The molecule has 11 heteroatoms. The molecule has 1 aromatic heterocycles. The predicted molar refractivity (Wildman–Crippen MR) is 117 cm³/mol. The number of nitrogens with two attached hydrogens (primary N) is 1. The molecule has 0 fully saturated rings. The van der Waals surface area contributed by atoms with Gasteiger partial charge in [0.15, 0.2) is 0 Å². The lowest BCUT2D eigenvalue weighted by Crippen LogP contribution is -2.31. The maximum Gasteiger partial charge on any atom is 0.417 e. The summed E-state index contributed by atoms with van der Waals surface area (Å²) in [5.74, 6) is 0.346. The molecule has 0 spiro atoms. The normalized spacial score (nSPS) is 11.1. The quantitative estimate of drug-likeness (QED) is 0.488. The zero-order valence-corrected chi connectivity index (χ0v) is 17.9. The number of primary amides is 1. The van der Waals surface area contributed by atoms with Crippen LogP contribution in [0.1, 0.15) is 23.0 Å². The van der Waals surface area contributed by atoms with Crippen molar-refractivity contribution < 1.29 is 27.5 Å². The van der Waals surface area contributed by atoms with Gasteiger partial charge in [0.2, 0.25) is 0 Å². The van der Waals surface area contributed by atoms with Crippen LogP contribution in [0.25, 0.3) is 0 Å². The van der Waals surface area contributed by atoms with E-state index in [0.717, 1.165) is 17.0 Å². The molecule has 3 N–H and O–H groups in total. The maximum atomic E-state index is 13.2. The van der Waals surface area contributed by atoms with Crippen LogP contribution in [-0.2, 0) is 6.18 Å². The average Bonchev–Trinajstić information content (AvgIpc) is 2.75. The number of carbonyl (C=O) groups is 2. The van der Waals surface area contributed by atoms with E-state index in [1.807, 2.05) is 0 Å². The molecule has 172 valence electrons. The number of nitrogens with one attached hydrogen (secondary N) is 1. The minimum Gasteiger partial charge on any atom is -0.457 e. The monoisotopic (exact) mass is 478 g/mol. The van der Waals surface area contributed by atoms with Gasteiger partial charge in [-0.3, -0.25) is 14.7 Å². The molecule has 2 aromatic carbocycles. The fourth-order valence-electron chi connectivity index (χ4n) is 2.92. The molecule has 0 atom stereocenters. The Morgan fingerprint density at radius 2 is 1.73 bits per heavy atom. The molecular formula is C22H18ClF3N4O3. The number of ether oxygens (including phenoxy) is 1. The number of carbonyl (C=O) groups excluding carboxylic acids is 2. The second-order valence-electron chi connectivity index (χ2n) is 6.67. The largest absolute Gasteiger partial charge is 0.457 e. The number of aromatic nitrogens is 1. The lowest BCUT2D eigenvalue weighted by atomic mass is 10.1. The van der Waals surface area contributed by atoms with E-state index in [4.69, 9.17) is 22.1 Å². The Labute approximate surface area is 191 Å². The average molecular weight is 479 g/mol. The highest BCUT2D eigenvalue weighted by atomic mass is 35.5. The summed E-state index contributed by atoms with van der Waals surface area (Å²) < 4.78 is 45.3. The third-order valence-electron chi connectivity index (χ3n) is 4.37. The van der Waals surface area contributed by atoms with Gasteiger partial charge in [-0.25, -0.2) is 4.79 Å². The lowest BCUT2D eigenvalue weighted by molar-refractivity contribution is -0.137. The van der Waals surface area contributed by atoms with E-state index >= 15 is 0 Å². The number of hydrogen-bond acceptors (Lipinski definition) is 4. The van der Waals surface area contributed by atoms with Crippen molar-refractivity contribution >= 4 is 34.9 Å². The molecule has 0 saturated heterocycles. The van der Waals surface area contributed by atoms with Gasteiger partial charge >= 0.3 is 12.2 Å². The third-order valence-corrected chi connectivity index (χ3v) is 4.70. The molecular weight excluding hydrogens is 461 g/mol. The topological polar surface area (TPSA) is 97.5 Å². The lowest BCUT2D eigenvalue weighted by Gasteiger charge is -2.22. The zero-order chi connectivity index (χ0) is 24.2. The number of anilines is 2. The number of hydrogen-bond donors (Lipinski definition) is 2. The highest BCUT2D eigenvalue weighted by Crippen LogP contribution is 2.38. The van der Waals surface area contributed by atoms with Crippen LogP contribution in [0.4, 0.5) is 29.3 Å². The van der Waals surface area contributed by atoms with E-state index in [9.17, 15) is 22.8 Å². The van der Waals surface area contributed by atoms with Crippen LogP contribution < -0.4 is 20.7 Å². The second kappa shape index (κ2) is 9.78. The van der Waals surface area contributed by atoms with Gasteiger partial charge in [-0.1, -0.05) is 11.6 Å². The van der Waals surface area contributed by atoms with Crippen LogP contribution in [0.3, 0.4) is 0 Å². The van der Waals surface area contributed by atoms with E-state index in [1.54, 1.807) is 13.0 Å². The summed E-state index contributed by atoms with van der Waals surface area (Å²) in [5.41, 5.74) is 4.62. The van der Waals surface area contributed by atoms with E-state index in [0.29, 0.717) is 18.0 Å². The van der Waals surface area contributed by atoms with Crippen LogP contribution >= 0.6 is 11.6 Å². The molecule has 3 rings (SSSR count). The number of benzene rings is 2. The first-order valence-electron chi connectivity index (χ1n) is 9.58. The van der Waals surface area contributed by atoms with Gasteiger partial charge in [-0.2, -0.15) is 13.2 Å². The standard InChI is InChI=1S/C22H18ClF3N4O3/c1-2-28-20(31)19-12-16(9-10-29-19)33-15-6-3-13(4-7-15)30(21(27)32)14-5-8-18(23)17(11-14)22(24,25)26/h3-12H,2H2,1H3,(H2,27,32)(H,28,31). The van der Waals surface area contributed by atoms with E-state index < -0.39 is 22.8 Å². The summed E-state index contributed by atoms with van der Waals surface area (Å²) in [7, 11) is 0. The third kappa shape index (κ3) is 5.72. The van der Waals surface area contributed by atoms with Gasteiger partial charge in [0.25, 0.3) is 5.91 Å². The van der Waals surface area contributed by atoms with Crippen molar-refractivity contribution in [2.24, 2.45) is 5.73 Å². The summed E-state index contributed by atoms with van der Waals surface area (Å²) in [5, 5.41) is 2.13. The molecule has 1 heterocycles. The Balaban J connectivity index is 1.86. The first kappa shape index (κ1) is 23.9. The van der Waals surface area contributed by atoms with Crippen molar-refractivity contribution in [2.75, 3.05) is 11.4 Å². The summed E-state index contributed by atoms with van der Waals surface area (Å²) >= 11 is 5.66. The number of nitrogens with zero attached hydrogens (tertiary/aromatic N) is 2. The highest BCUT2D eigenvalue weighted by molar-refractivity contribution is 6.31. The van der Waals surface area contributed by atoms with Gasteiger partial charge in [-0.15, -0.1) is 0 Å². The summed E-state index contributed by atoms with van der Waals surface area (Å²) in [4.78, 5) is 28.8. The number of urea groups is 1. The van der Waals surface area contributed by atoms with Crippen LogP contribution in [0.5, 0.6) is 11.5 Å². The van der Waals surface area contributed by atoms with Crippen molar-refractivity contribution in [3.8, 4) is 11.5 Å². The number of alkyl halides is 3. The number of halogens is 4. The van der Waals surface area contributed by atoms with Gasteiger partial charge in [0.05, 0.1) is 22.0 Å². The first-order chi connectivity index (χ1) is 15.6. The molecule has 7 nitrogen and oxygen atoms in total. The van der Waals surface area contributed by atoms with Gasteiger partial charge in [-0.05, 0) is 55.5 Å². The number of amides is 3. The Morgan fingerprint density at radius 1 is 1.06 bits per heavy atom. The van der Waals surface area contributed by atoms with Crippen molar-refractivity contribution in [3.05, 3.63) is 77.1 Å². The Bertz CT molecular complexity index is 1170. The number of rotatable bonds is 6. The molecule has 33 heavy (non-hydrogen) atoms. The second-order valence-corrected chi connectivity index (χ2v) is 7.07. The van der Waals surface area contributed by atoms with Crippen LogP contribution in [-0.4, -0.2) is 23.5 Å². The maximum absolute atomic E-state index is 13.2. The summed E-state index contributed by atoms with van der Waals surface area (Å²) in [6.07, 6.45) is -3.28. The van der Waals surface area contributed by atoms with Crippen molar-refractivity contribution in [1.82, 2.24) is 10.3 Å². The molecule has 3 aromatic rings. The molecule has 0 aliphatic rings. The van der Waals surface area contributed by atoms with Crippen LogP contribution in [0.2, 0.25) is 5.02 Å². The van der Waals surface area contributed by atoms with E-state index in [1.165, 1.54) is 42.6 Å². The molecule has 0 aliphatic heterocycles. The first-order valence-corrected chi connectivity index (χ1v) is 9.96. The van der Waals surface area contributed by atoms with Gasteiger partial charge in [0, 0.05) is 18.8 Å². The SMILES string of the molecule is CCNC(=O)c1cc(Oc2ccc(N(C(N)=O)c3ccc(Cl)c(C(F)(F)F)c3)cc2)ccn1. The minimum atomic E-state index is -4.70. The van der Waals surface area contributed by atoms with Gasteiger partial charge in [0.1, 0.15) is 17.2 Å². The smallest absolute Gasteiger partial charge is 0.417 e. The molecule has 3 amide bonds. The fourth-order valence-corrected chi connectivity index (χ4v) is 3.15. The summed E-state index contributed by atoms with van der Waals surface area (Å²) in [6.45, 7) is 2.23. The molecule has 0 saturated carbocycles. The summed E-state index contributed by atoms with van der Waals surface area (Å²) in [6, 6.07) is 11.0. The Kier molecular flexibility index (Phi) is 7.07. The predicted octanol–water partition coefficient (Wildman–Crippen LogP) is 5.51. The van der Waals surface area contributed by atoms with Crippen molar-refractivity contribution in [1.29, 1.82) is 0 Å². The van der Waals surface area contributed by atoms with E-state index in [-0.39, 0.29) is 23.0 Å². The van der Waals surface area contributed by atoms with E-state index in [2.05, 4.69) is 10.3 Å². The Morgan fingerprint density at radius 3 is 2.33 bits per heavy atom. The van der Waals surface area contributed by atoms with Crippen LogP contribution in [0, 0.1) is 0 Å². The Hall–Kier alpha value is -3.79. The fraction of sp³-hybridized carbons (Fsp3) is 0.136. The zero-order valence-electron chi connectivity index (χ0n) is 17.2. The van der Waals surface area contributed by atoms with Crippen LogP contribution in [0.15, 0.2) is 60.8 Å². The molecule has 0 bridgehead atoms. The molecule has 0 aliphatic carbocycles. The highest BCUT2D eigenvalue weighted by Gasteiger charge is 2.34. The van der Waals surface area contributed by atoms with Gasteiger partial charge < -0.3 is 15.8 Å². The molecule has 0 unspecified atom stereocenters. The number of pyridine rings is 1. The van der Waals surface area contributed by atoms with Crippen molar-refractivity contribution in [3.63, 3.8) is 0 Å². The van der Waals surface area contributed by atoms with Crippen molar-refractivity contribution in [2.45, 2.75) is 13.1 Å².